The molecule has 0 aliphatic carbocycles. The minimum Gasteiger partial charge on any atom is -0.497 e. The number of imidazole rings is 1. The topological polar surface area (TPSA) is 133 Å². The summed E-state index contributed by atoms with van der Waals surface area (Å²) >= 11 is 0. The molecule has 3 rings (SSSR count). The van der Waals surface area contributed by atoms with Gasteiger partial charge in [-0.1, -0.05) is 0 Å². The van der Waals surface area contributed by atoms with Crippen molar-refractivity contribution in [2.75, 3.05) is 12.4 Å². The summed E-state index contributed by atoms with van der Waals surface area (Å²) in [7, 11) is 1.57. The van der Waals surface area contributed by atoms with E-state index in [1.54, 1.807) is 13.2 Å². The molecule has 9 nitrogen and oxygen atoms in total. The number of methoxy groups -OCH3 is 1. The third-order valence-corrected chi connectivity index (χ3v) is 3.41. The Morgan fingerprint density at radius 3 is 2.83 bits per heavy atom. The maximum Gasteiger partial charge on any atom is 0.309 e. The largest absolute Gasteiger partial charge is 0.497 e. The van der Waals surface area contributed by atoms with E-state index < -0.39 is 5.97 Å². The first-order chi connectivity index (χ1) is 11.5. The SMILES string of the molecule is COc1ccc2c(C)nc(Nc3nc(O)c(CC(=O)O)[nH]3)nc2c1. The van der Waals surface area contributed by atoms with Crippen molar-refractivity contribution in [3.05, 3.63) is 29.6 Å². The smallest absolute Gasteiger partial charge is 0.309 e. The molecule has 0 aliphatic heterocycles. The predicted molar refractivity (Wildman–Crippen MR) is 85.7 cm³/mol. The van der Waals surface area contributed by atoms with Gasteiger partial charge in [-0.2, -0.15) is 4.98 Å². The minimum absolute atomic E-state index is 0.101. The summed E-state index contributed by atoms with van der Waals surface area (Å²) < 4.78 is 5.19. The summed E-state index contributed by atoms with van der Waals surface area (Å²) in [6.07, 6.45) is -0.366. The van der Waals surface area contributed by atoms with Gasteiger partial charge in [-0.3, -0.25) is 10.1 Å². The van der Waals surface area contributed by atoms with E-state index in [1.807, 2.05) is 19.1 Å². The van der Waals surface area contributed by atoms with E-state index in [9.17, 15) is 9.90 Å². The van der Waals surface area contributed by atoms with E-state index in [2.05, 4.69) is 25.3 Å². The Morgan fingerprint density at radius 1 is 1.33 bits per heavy atom. The molecule has 0 saturated heterocycles. The van der Waals surface area contributed by atoms with Crippen molar-refractivity contribution in [1.82, 2.24) is 19.9 Å². The van der Waals surface area contributed by atoms with Gasteiger partial charge in [-0.25, -0.2) is 9.97 Å². The molecule has 3 aromatic rings. The van der Waals surface area contributed by atoms with Crippen LogP contribution in [-0.2, 0) is 11.2 Å². The van der Waals surface area contributed by atoms with E-state index in [-0.39, 0.29) is 29.9 Å². The average Bonchev–Trinajstić information content (AvgIpc) is 2.85. The summed E-state index contributed by atoms with van der Waals surface area (Å²) in [6.45, 7) is 1.84. The first-order valence-electron chi connectivity index (χ1n) is 7.05. The van der Waals surface area contributed by atoms with Gasteiger partial charge in [0, 0.05) is 11.5 Å². The van der Waals surface area contributed by atoms with E-state index >= 15 is 0 Å². The number of benzene rings is 1. The highest BCUT2D eigenvalue weighted by molar-refractivity contribution is 5.83. The molecule has 2 aromatic heterocycles. The summed E-state index contributed by atoms with van der Waals surface area (Å²) in [5, 5.41) is 22.1. The number of nitrogens with one attached hydrogen (secondary N) is 2. The number of carboxylic acids is 1. The van der Waals surface area contributed by atoms with Crippen LogP contribution in [0.3, 0.4) is 0 Å². The number of aliphatic carboxylic acids is 1. The number of aromatic nitrogens is 4. The number of anilines is 2. The Balaban J connectivity index is 1.93. The first kappa shape index (κ1) is 15.5. The van der Waals surface area contributed by atoms with Gasteiger partial charge in [0.1, 0.15) is 5.75 Å². The predicted octanol–water partition coefficient (Wildman–Crippen LogP) is 1.75. The lowest BCUT2D eigenvalue weighted by atomic mass is 10.2. The number of hydrogen-bond acceptors (Lipinski definition) is 7. The third-order valence-electron chi connectivity index (χ3n) is 3.41. The monoisotopic (exact) mass is 329 g/mol. The Bertz CT molecular complexity index is 922. The van der Waals surface area contributed by atoms with Crippen molar-refractivity contribution in [2.45, 2.75) is 13.3 Å². The fraction of sp³-hybridized carbons (Fsp3) is 0.200. The molecule has 0 saturated carbocycles. The molecular formula is C15H15N5O4. The summed E-state index contributed by atoms with van der Waals surface area (Å²) in [5.41, 5.74) is 1.54. The standard InChI is InChI=1S/C15H15N5O4/c1-7-9-4-3-8(24-2)5-10(9)17-14(16-7)20-15-18-11(6-12(21)22)13(23)19-15/h3-5,23H,6H2,1-2H3,(H,21,22)(H2,16,17,18,19,20). The number of hydrogen-bond donors (Lipinski definition) is 4. The van der Waals surface area contributed by atoms with Gasteiger partial charge in [0.15, 0.2) is 0 Å². The highest BCUT2D eigenvalue weighted by Crippen LogP contribution is 2.24. The molecule has 0 bridgehead atoms. The zero-order valence-electron chi connectivity index (χ0n) is 13.0. The molecule has 1 aromatic carbocycles. The van der Waals surface area contributed by atoms with Crippen LogP contribution in [0.5, 0.6) is 11.6 Å². The number of aryl methyl sites for hydroxylation is 1. The summed E-state index contributed by atoms with van der Waals surface area (Å²) in [4.78, 5) is 26.0. The zero-order valence-corrected chi connectivity index (χ0v) is 13.0. The van der Waals surface area contributed by atoms with Crippen LogP contribution in [0, 0.1) is 6.92 Å². The molecule has 0 amide bonds. The highest BCUT2D eigenvalue weighted by Gasteiger charge is 2.14. The van der Waals surface area contributed by atoms with Crippen LogP contribution in [0.25, 0.3) is 10.9 Å². The molecule has 0 radical (unpaired) electrons. The highest BCUT2D eigenvalue weighted by atomic mass is 16.5. The quantitative estimate of drug-likeness (QED) is 0.556. The van der Waals surface area contributed by atoms with Gasteiger partial charge in [-0.05, 0) is 19.1 Å². The minimum atomic E-state index is -1.08. The number of H-pyrrole nitrogens is 1. The van der Waals surface area contributed by atoms with Crippen LogP contribution in [0.2, 0.25) is 0 Å². The van der Waals surface area contributed by atoms with Crippen molar-refractivity contribution < 1.29 is 19.7 Å². The van der Waals surface area contributed by atoms with Crippen molar-refractivity contribution >= 4 is 28.8 Å². The number of ether oxygens (including phenoxy) is 1. The third kappa shape index (κ3) is 3.05. The fourth-order valence-electron chi connectivity index (χ4n) is 2.29. The molecule has 0 unspecified atom stereocenters. The van der Waals surface area contributed by atoms with Gasteiger partial charge >= 0.3 is 5.97 Å². The second kappa shape index (κ2) is 6.03. The number of aromatic hydroxyl groups is 1. The maximum atomic E-state index is 10.7. The van der Waals surface area contributed by atoms with E-state index in [0.717, 1.165) is 11.1 Å². The molecule has 0 aliphatic rings. The molecular weight excluding hydrogens is 314 g/mol. The van der Waals surface area contributed by atoms with Gasteiger partial charge in [-0.15, -0.1) is 0 Å². The van der Waals surface area contributed by atoms with Crippen molar-refractivity contribution in [3.63, 3.8) is 0 Å². The maximum absolute atomic E-state index is 10.7. The van der Waals surface area contributed by atoms with Crippen LogP contribution >= 0.6 is 0 Å². The van der Waals surface area contributed by atoms with E-state index in [1.165, 1.54) is 0 Å². The number of aromatic amines is 1. The normalized spacial score (nSPS) is 10.8. The first-order valence-corrected chi connectivity index (χ1v) is 7.05. The molecule has 24 heavy (non-hydrogen) atoms. The van der Waals surface area contributed by atoms with Crippen LogP contribution in [0.4, 0.5) is 11.9 Å². The number of carbonyl (C=O) groups is 1. The van der Waals surface area contributed by atoms with Gasteiger partial charge in [0.05, 0.1) is 30.4 Å². The van der Waals surface area contributed by atoms with Gasteiger partial charge in [0.25, 0.3) is 0 Å². The van der Waals surface area contributed by atoms with Crippen LogP contribution in [0.15, 0.2) is 18.2 Å². The van der Waals surface area contributed by atoms with E-state index in [4.69, 9.17) is 9.84 Å². The second-order valence-electron chi connectivity index (χ2n) is 5.10. The number of nitrogens with zero attached hydrogens (tertiary/aromatic N) is 3. The Morgan fingerprint density at radius 2 is 2.12 bits per heavy atom. The number of fused-ring (bicyclic) bond motifs is 1. The van der Waals surface area contributed by atoms with Crippen LogP contribution in [0.1, 0.15) is 11.4 Å². The average molecular weight is 329 g/mol. The van der Waals surface area contributed by atoms with Crippen molar-refractivity contribution in [3.8, 4) is 11.6 Å². The zero-order chi connectivity index (χ0) is 17.3. The van der Waals surface area contributed by atoms with Crippen molar-refractivity contribution in [1.29, 1.82) is 0 Å². The van der Waals surface area contributed by atoms with Gasteiger partial charge in [0.2, 0.25) is 17.8 Å². The van der Waals surface area contributed by atoms with Gasteiger partial charge < -0.3 is 19.9 Å². The van der Waals surface area contributed by atoms with Crippen molar-refractivity contribution in [2.24, 2.45) is 0 Å². The molecule has 2 heterocycles. The van der Waals surface area contributed by atoms with Crippen LogP contribution in [-0.4, -0.2) is 43.2 Å². The number of rotatable bonds is 5. The molecule has 0 fully saturated rings. The lowest BCUT2D eigenvalue weighted by Gasteiger charge is -2.07. The Hall–Kier alpha value is -3.36. The molecule has 0 atom stereocenters. The fourth-order valence-corrected chi connectivity index (χ4v) is 2.29. The van der Waals surface area contributed by atoms with Crippen LogP contribution < -0.4 is 10.1 Å². The van der Waals surface area contributed by atoms with E-state index in [0.29, 0.717) is 11.3 Å². The summed E-state index contributed by atoms with van der Waals surface area (Å²) in [5.74, 6) is -0.357. The Kier molecular flexibility index (Phi) is 3.90. The molecule has 124 valence electrons. The lowest BCUT2D eigenvalue weighted by Crippen LogP contribution is -2.02. The lowest BCUT2D eigenvalue weighted by molar-refractivity contribution is -0.136. The Labute approximate surface area is 136 Å². The number of carboxylic acid groups (broad SMARTS) is 1. The molecule has 0 spiro atoms. The summed E-state index contributed by atoms with van der Waals surface area (Å²) in [6, 6.07) is 5.48. The molecule has 4 N–H and O–H groups in total. The second-order valence-corrected chi connectivity index (χ2v) is 5.10. The molecule has 9 heteroatoms.